The van der Waals surface area contributed by atoms with Gasteiger partial charge in [0.25, 0.3) is 0 Å². The van der Waals surface area contributed by atoms with Gasteiger partial charge in [-0.2, -0.15) is 4.57 Å². The predicted molar refractivity (Wildman–Crippen MR) is 84.2 cm³/mol. The van der Waals surface area contributed by atoms with E-state index < -0.39 is 6.09 Å². The Morgan fingerprint density at radius 3 is 2.40 bits per heavy atom. The lowest BCUT2D eigenvalue weighted by atomic mass is 10.1. The second kappa shape index (κ2) is 9.94. The minimum Gasteiger partial charge on any atom is -0.493 e. The number of hydrogen-bond donors (Lipinski definition) is 1. The van der Waals surface area contributed by atoms with E-state index in [9.17, 15) is 9.90 Å². The summed E-state index contributed by atoms with van der Waals surface area (Å²) in [6.07, 6.45) is 8.99. The molecule has 1 rings (SSSR count). The standard InChI is InChI=1S/C14H23NO3S2/c1-2-3-4-5-6-7-8-9-10-18-13(17)15-12(16)11-20-14(15)19/h11,16H,2-10H2,1H3. The Hall–Kier alpha value is -0.880. The molecule has 1 heterocycles. The van der Waals surface area contributed by atoms with Gasteiger partial charge in [0.2, 0.25) is 5.88 Å². The molecule has 0 saturated carbocycles. The number of aromatic hydroxyl groups is 1. The summed E-state index contributed by atoms with van der Waals surface area (Å²) in [7, 11) is 0. The first-order valence-corrected chi connectivity index (χ1v) is 8.52. The monoisotopic (exact) mass is 317 g/mol. The number of carbonyl (C=O) groups is 1. The zero-order valence-corrected chi connectivity index (χ0v) is 13.6. The summed E-state index contributed by atoms with van der Waals surface area (Å²) in [6, 6.07) is 0. The zero-order valence-electron chi connectivity index (χ0n) is 12.0. The van der Waals surface area contributed by atoms with E-state index in [0.717, 1.165) is 28.7 Å². The molecule has 0 aromatic carbocycles. The molecule has 0 aliphatic rings. The summed E-state index contributed by atoms with van der Waals surface area (Å²) in [4.78, 5) is 11.7. The van der Waals surface area contributed by atoms with E-state index in [1.54, 1.807) is 0 Å². The van der Waals surface area contributed by atoms with Crippen molar-refractivity contribution >= 4 is 29.6 Å². The predicted octanol–water partition coefficient (Wildman–Crippen LogP) is 5.11. The number of carbonyl (C=O) groups excluding carboxylic acids is 1. The molecule has 0 saturated heterocycles. The van der Waals surface area contributed by atoms with Crippen LogP contribution in [-0.4, -0.2) is 22.4 Å². The van der Waals surface area contributed by atoms with Crippen molar-refractivity contribution in [1.29, 1.82) is 0 Å². The van der Waals surface area contributed by atoms with Gasteiger partial charge >= 0.3 is 6.09 Å². The second-order valence-corrected chi connectivity index (χ2v) is 6.29. The largest absolute Gasteiger partial charge is 0.493 e. The Kier molecular flexibility index (Phi) is 8.53. The zero-order chi connectivity index (χ0) is 14.8. The van der Waals surface area contributed by atoms with E-state index in [-0.39, 0.29) is 5.88 Å². The fourth-order valence-corrected chi connectivity index (χ4v) is 2.83. The van der Waals surface area contributed by atoms with Crippen molar-refractivity contribution in [2.75, 3.05) is 6.61 Å². The lowest BCUT2D eigenvalue weighted by Crippen LogP contribution is -2.13. The van der Waals surface area contributed by atoms with Crippen LogP contribution >= 0.6 is 23.6 Å². The third-order valence-electron chi connectivity index (χ3n) is 3.08. The Balaban J connectivity index is 2.07. The molecule has 0 aliphatic heterocycles. The molecule has 0 amide bonds. The number of aromatic nitrogens is 1. The van der Waals surface area contributed by atoms with E-state index in [1.807, 2.05) is 0 Å². The van der Waals surface area contributed by atoms with Crippen molar-refractivity contribution in [3.63, 3.8) is 0 Å². The maximum absolute atomic E-state index is 11.7. The van der Waals surface area contributed by atoms with Crippen LogP contribution in [0.25, 0.3) is 0 Å². The van der Waals surface area contributed by atoms with Gasteiger partial charge < -0.3 is 9.84 Å². The normalized spacial score (nSPS) is 10.7. The van der Waals surface area contributed by atoms with Crippen molar-refractivity contribution in [2.45, 2.75) is 58.3 Å². The van der Waals surface area contributed by atoms with Crippen LogP contribution in [0.1, 0.15) is 58.3 Å². The van der Waals surface area contributed by atoms with E-state index in [0.29, 0.717) is 10.6 Å². The smallest absolute Gasteiger partial charge is 0.422 e. The van der Waals surface area contributed by atoms with Gasteiger partial charge in [0.15, 0.2) is 3.95 Å². The summed E-state index contributed by atoms with van der Waals surface area (Å²) < 4.78 is 6.42. The van der Waals surface area contributed by atoms with E-state index in [1.165, 1.54) is 43.9 Å². The van der Waals surface area contributed by atoms with Crippen molar-refractivity contribution in [1.82, 2.24) is 4.57 Å². The van der Waals surface area contributed by atoms with Gasteiger partial charge in [-0.3, -0.25) is 0 Å². The van der Waals surface area contributed by atoms with Crippen molar-refractivity contribution < 1.29 is 14.6 Å². The van der Waals surface area contributed by atoms with Crippen LogP contribution in [-0.2, 0) is 4.74 Å². The van der Waals surface area contributed by atoms with Gasteiger partial charge in [-0.1, -0.05) is 51.9 Å². The highest BCUT2D eigenvalue weighted by atomic mass is 32.1. The summed E-state index contributed by atoms with van der Waals surface area (Å²) in [6.45, 7) is 2.59. The lowest BCUT2D eigenvalue weighted by molar-refractivity contribution is 0.143. The van der Waals surface area contributed by atoms with Crippen LogP contribution in [0.3, 0.4) is 0 Å². The highest BCUT2D eigenvalue weighted by Crippen LogP contribution is 2.17. The Morgan fingerprint density at radius 2 is 1.85 bits per heavy atom. The Bertz CT molecular complexity index is 454. The maximum Gasteiger partial charge on any atom is 0.422 e. The van der Waals surface area contributed by atoms with Crippen LogP contribution in [0.5, 0.6) is 5.88 Å². The van der Waals surface area contributed by atoms with E-state index in [4.69, 9.17) is 17.0 Å². The number of nitrogens with zero attached hydrogens (tertiary/aromatic N) is 1. The fourth-order valence-electron chi connectivity index (χ4n) is 1.93. The molecule has 0 unspecified atom stereocenters. The third kappa shape index (κ3) is 6.05. The van der Waals surface area contributed by atoms with Gasteiger partial charge in [-0.25, -0.2) is 4.79 Å². The molecule has 0 radical (unpaired) electrons. The molecule has 1 aromatic heterocycles. The van der Waals surface area contributed by atoms with Gasteiger partial charge in [0, 0.05) is 0 Å². The summed E-state index contributed by atoms with van der Waals surface area (Å²) >= 11 is 6.08. The topological polar surface area (TPSA) is 51.5 Å². The molecular formula is C14H23NO3S2. The van der Waals surface area contributed by atoms with E-state index in [2.05, 4.69) is 6.92 Å². The van der Waals surface area contributed by atoms with Crippen LogP contribution in [0, 0.1) is 3.95 Å². The average molecular weight is 317 g/mol. The van der Waals surface area contributed by atoms with Crippen LogP contribution in [0.2, 0.25) is 0 Å². The quantitative estimate of drug-likeness (QED) is 0.508. The minimum absolute atomic E-state index is 0.152. The SMILES string of the molecule is CCCCCCCCCCOC(=O)n1c(O)csc1=S. The number of hydrogen-bond acceptors (Lipinski definition) is 5. The average Bonchev–Trinajstić information content (AvgIpc) is 2.76. The fraction of sp³-hybridized carbons (Fsp3) is 0.714. The van der Waals surface area contributed by atoms with Gasteiger partial charge in [-0.05, 0) is 18.6 Å². The number of unbranched alkanes of at least 4 members (excludes halogenated alkanes) is 7. The highest BCUT2D eigenvalue weighted by Gasteiger charge is 2.12. The molecule has 1 aromatic rings. The molecule has 114 valence electrons. The molecule has 20 heavy (non-hydrogen) atoms. The second-order valence-electron chi connectivity index (χ2n) is 4.78. The first-order valence-electron chi connectivity index (χ1n) is 7.23. The van der Waals surface area contributed by atoms with Crippen molar-refractivity contribution in [2.24, 2.45) is 0 Å². The number of thiazole rings is 1. The third-order valence-corrected chi connectivity index (χ3v) is 4.27. The van der Waals surface area contributed by atoms with Gasteiger partial charge in [0.1, 0.15) is 0 Å². The van der Waals surface area contributed by atoms with E-state index >= 15 is 0 Å². The lowest BCUT2D eigenvalue weighted by Gasteiger charge is -2.05. The molecule has 0 fully saturated rings. The molecule has 1 N–H and O–H groups in total. The summed E-state index contributed by atoms with van der Waals surface area (Å²) in [5, 5.41) is 10.9. The summed E-state index contributed by atoms with van der Waals surface area (Å²) in [5.74, 6) is -0.152. The van der Waals surface area contributed by atoms with Crippen LogP contribution in [0.15, 0.2) is 5.38 Å². The van der Waals surface area contributed by atoms with Crippen LogP contribution < -0.4 is 0 Å². The van der Waals surface area contributed by atoms with Gasteiger partial charge in [-0.15, -0.1) is 11.3 Å². The highest BCUT2D eigenvalue weighted by molar-refractivity contribution is 7.73. The van der Waals surface area contributed by atoms with Crippen molar-refractivity contribution in [3.8, 4) is 5.88 Å². The molecule has 0 aliphatic carbocycles. The number of rotatable bonds is 9. The van der Waals surface area contributed by atoms with Gasteiger partial charge in [0.05, 0.1) is 12.0 Å². The molecule has 0 atom stereocenters. The Morgan fingerprint density at radius 1 is 1.25 bits per heavy atom. The first-order chi connectivity index (χ1) is 9.66. The molecule has 6 heteroatoms. The Labute approximate surface area is 129 Å². The molecule has 0 bridgehead atoms. The molecule has 0 spiro atoms. The maximum atomic E-state index is 11.7. The van der Waals surface area contributed by atoms with Crippen molar-refractivity contribution in [3.05, 3.63) is 9.33 Å². The van der Waals surface area contributed by atoms with Crippen LogP contribution in [0.4, 0.5) is 4.79 Å². The first kappa shape index (κ1) is 17.2. The molecule has 4 nitrogen and oxygen atoms in total. The molecular weight excluding hydrogens is 294 g/mol. The minimum atomic E-state index is -0.586. The number of ether oxygens (including phenoxy) is 1. The summed E-state index contributed by atoms with van der Waals surface area (Å²) in [5.41, 5.74) is 0.